The molecule has 0 saturated heterocycles. The van der Waals surface area contributed by atoms with Crippen molar-refractivity contribution in [3.8, 4) is 5.75 Å². The number of hydrogen-bond acceptors (Lipinski definition) is 3. The molecule has 4 nitrogen and oxygen atoms in total. The van der Waals surface area contributed by atoms with E-state index in [0.29, 0.717) is 23.4 Å². The molecule has 0 bridgehead atoms. The number of aromatic nitrogens is 3. The van der Waals surface area contributed by atoms with Crippen molar-refractivity contribution in [1.82, 2.24) is 14.6 Å². The molecular formula is C26H23ClN3OP. The Labute approximate surface area is 192 Å². The van der Waals surface area contributed by atoms with E-state index < -0.39 is 5.96 Å². The number of halogens is 1. The summed E-state index contributed by atoms with van der Waals surface area (Å²) in [6.07, 6.45) is 2.36. The zero-order valence-corrected chi connectivity index (χ0v) is 19.3. The second-order valence-corrected chi connectivity index (χ2v) is 14.2. The van der Waals surface area contributed by atoms with Crippen LogP contribution in [-0.4, -0.2) is 21.7 Å². The molecule has 6 heteroatoms. The van der Waals surface area contributed by atoms with Gasteiger partial charge in [0.1, 0.15) is 0 Å². The fourth-order valence-electron chi connectivity index (χ4n) is 4.36. The van der Waals surface area contributed by atoms with E-state index in [9.17, 15) is 0 Å². The number of pyridine rings is 1. The summed E-state index contributed by atoms with van der Waals surface area (Å²) in [5.74, 6) is -2.12. The Balaban J connectivity index is 1.83. The van der Waals surface area contributed by atoms with Crippen LogP contribution >= 0.6 is 17.2 Å². The molecule has 0 radical (unpaired) electrons. The van der Waals surface area contributed by atoms with Gasteiger partial charge in [0.05, 0.1) is 0 Å². The molecule has 0 aliphatic heterocycles. The quantitative estimate of drug-likeness (QED) is 0.338. The fourth-order valence-corrected chi connectivity index (χ4v) is 10.2. The van der Waals surface area contributed by atoms with Gasteiger partial charge >= 0.3 is 192 Å². The standard InChI is InChI=1S/C26H23ClN3OP/c1-31-24-18-11-19-30-26(24)28-25(29-30)20-32(27,21-12-5-2-6-13-21,22-14-7-3-8-15-22)23-16-9-4-10-17-23/h2-19H,20H2,1H3. The number of rotatable bonds is 6. The molecule has 5 aromatic rings. The minimum absolute atomic E-state index is 0.482. The molecule has 3 aromatic carbocycles. The maximum absolute atomic E-state index is 8.12. The van der Waals surface area contributed by atoms with Crippen molar-refractivity contribution in [2.75, 3.05) is 7.11 Å². The Hall–Kier alpha value is -3.20. The van der Waals surface area contributed by atoms with Crippen molar-refractivity contribution in [1.29, 1.82) is 0 Å². The molecule has 0 aliphatic carbocycles. The van der Waals surface area contributed by atoms with E-state index in [1.807, 2.05) is 72.9 Å². The van der Waals surface area contributed by atoms with E-state index in [1.54, 1.807) is 11.6 Å². The summed E-state index contributed by atoms with van der Waals surface area (Å²) >= 11 is 8.12. The van der Waals surface area contributed by atoms with Crippen molar-refractivity contribution in [3.05, 3.63) is 115 Å². The van der Waals surface area contributed by atoms with Crippen LogP contribution in [-0.2, 0) is 6.16 Å². The van der Waals surface area contributed by atoms with Crippen LogP contribution in [0.2, 0.25) is 0 Å². The summed E-state index contributed by atoms with van der Waals surface area (Å²) in [7, 11) is 1.64. The molecule has 0 saturated carbocycles. The zero-order chi connectivity index (χ0) is 22.0. The first-order valence-electron chi connectivity index (χ1n) is 10.4. The summed E-state index contributed by atoms with van der Waals surface area (Å²) in [4.78, 5) is 4.87. The number of hydrogen-bond donors (Lipinski definition) is 0. The number of fused-ring (bicyclic) bond motifs is 1. The van der Waals surface area contributed by atoms with Gasteiger partial charge in [-0.25, -0.2) is 0 Å². The predicted molar refractivity (Wildman–Crippen MR) is 134 cm³/mol. The first kappa shape index (κ1) is 20.7. The molecule has 160 valence electrons. The van der Waals surface area contributed by atoms with Gasteiger partial charge in [-0.15, -0.1) is 0 Å². The molecule has 0 amide bonds. The topological polar surface area (TPSA) is 39.4 Å². The Morgan fingerprint density at radius 1 is 0.750 bits per heavy atom. The van der Waals surface area contributed by atoms with Crippen LogP contribution in [0.1, 0.15) is 5.82 Å². The molecular weight excluding hydrogens is 437 g/mol. The van der Waals surface area contributed by atoms with E-state index in [-0.39, 0.29) is 0 Å². The van der Waals surface area contributed by atoms with Crippen molar-refractivity contribution < 1.29 is 4.74 Å². The van der Waals surface area contributed by atoms with Crippen LogP contribution in [0.4, 0.5) is 0 Å². The van der Waals surface area contributed by atoms with E-state index >= 15 is 0 Å². The molecule has 0 aliphatic rings. The SMILES string of the molecule is COc1cccn2nc(CP(Cl)(c3ccccc3)(c3ccccc3)c3ccccc3)nc12. The first-order valence-corrected chi connectivity index (χ1v) is 13.7. The van der Waals surface area contributed by atoms with Gasteiger partial charge in [0.25, 0.3) is 0 Å². The normalized spacial score (nSPS) is 12.9. The van der Waals surface area contributed by atoms with Gasteiger partial charge in [0, 0.05) is 0 Å². The molecule has 2 aromatic heterocycles. The molecule has 0 atom stereocenters. The van der Waals surface area contributed by atoms with Crippen LogP contribution in [0.15, 0.2) is 109 Å². The number of ether oxygens (including phenoxy) is 1. The average Bonchev–Trinajstić information content (AvgIpc) is 3.28. The van der Waals surface area contributed by atoms with E-state index in [1.165, 1.54) is 0 Å². The molecule has 5 rings (SSSR count). The van der Waals surface area contributed by atoms with Gasteiger partial charge in [0.2, 0.25) is 0 Å². The predicted octanol–water partition coefficient (Wildman–Crippen LogP) is 4.92. The average molecular weight is 460 g/mol. The van der Waals surface area contributed by atoms with Crippen molar-refractivity contribution >= 4 is 38.8 Å². The Morgan fingerprint density at radius 2 is 1.25 bits per heavy atom. The number of nitrogens with zero attached hydrogens (tertiary/aromatic N) is 3. The van der Waals surface area contributed by atoms with E-state index in [2.05, 4.69) is 36.4 Å². The summed E-state index contributed by atoms with van der Waals surface area (Å²) in [6.45, 7) is 0. The first-order chi connectivity index (χ1) is 15.6. The molecule has 32 heavy (non-hydrogen) atoms. The van der Waals surface area contributed by atoms with E-state index in [0.717, 1.165) is 15.9 Å². The van der Waals surface area contributed by atoms with Crippen LogP contribution < -0.4 is 20.7 Å². The minimum atomic E-state index is -3.48. The van der Waals surface area contributed by atoms with Crippen molar-refractivity contribution in [2.24, 2.45) is 0 Å². The number of benzene rings is 3. The zero-order valence-electron chi connectivity index (χ0n) is 17.7. The van der Waals surface area contributed by atoms with Gasteiger partial charge in [-0.1, -0.05) is 0 Å². The molecule has 0 spiro atoms. The molecule has 0 unspecified atom stereocenters. The monoisotopic (exact) mass is 459 g/mol. The van der Waals surface area contributed by atoms with Crippen molar-refractivity contribution in [3.63, 3.8) is 0 Å². The second-order valence-electron chi connectivity index (χ2n) is 7.72. The third-order valence-corrected chi connectivity index (χ3v) is 13.0. The Bertz CT molecular complexity index is 1260. The van der Waals surface area contributed by atoms with Crippen molar-refractivity contribution in [2.45, 2.75) is 6.16 Å². The van der Waals surface area contributed by atoms with E-state index in [4.69, 9.17) is 26.1 Å². The summed E-state index contributed by atoms with van der Waals surface area (Å²) in [5.41, 5.74) is 0.681. The summed E-state index contributed by atoms with van der Waals surface area (Å²) in [5, 5.41) is 8.06. The fraction of sp³-hybridized carbons (Fsp3) is 0.0769. The Kier molecular flexibility index (Phi) is 5.21. The summed E-state index contributed by atoms with van der Waals surface area (Å²) < 4.78 is 7.26. The number of methoxy groups -OCH3 is 1. The van der Waals surface area contributed by atoms with Gasteiger partial charge in [-0.05, 0) is 0 Å². The molecule has 0 N–H and O–H groups in total. The Morgan fingerprint density at radius 3 is 1.72 bits per heavy atom. The van der Waals surface area contributed by atoms with Gasteiger partial charge in [-0.2, -0.15) is 0 Å². The van der Waals surface area contributed by atoms with Crippen LogP contribution in [0.25, 0.3) is 5.65 Å². The van der Waals surface area contributed by atoms with Crippen LogP contribution in [0, 0.1) is 0 Å². The van der Waals surface area contributed by atoms with Gasteiger partial charge < -0.3 is 0 Å². The summed E-state index contributed by atoms with van der Waals surface area (Å²) in [6, 6.07) is 34.9. The second kappa shape index (κ2) is 8.05. The molecule has 2 heterocycles. The van der Waals surface area contributed by atoms with Crippen LogP contribution in [0.5, 0.6) is 5.75 Å². The van der Waals surface area contributed by atoms with Crippen LogP contribution in [0.3, 0.4) is 0 Å². The maximum atomic E-state index is 8.12. The van der Waals surface area contributed by atoms with Gasteiger partial charge in [0.15, 0.2) is 0 Å². The van der Waals surface area contributed by atoms with Gasteiger partial charge in [-0.3, -0.25) is 0 Å². The third-order valence-electron chi connectivity index (χ3n) is 5.91. The third kappa shape index (κ3) is 3.19. The molecule has 0 fully saturated rings.